The van der Waals surface area contributed by atoms with E-state index in [2.05, 4.69) is 0 Å². The van der Waals surface area contributed by atoms with Crippen molar-refractivity contribution in [1.82, 2.24) is 0 Å². The highest BCUT2D eigenvalue weighted by Crippen LogP contribution is 2.29. The van der Waals surface area contributed by atoms with Crippen LogP contribution in [0.25, 0.3) is 0 Å². The molecule has 1 aromatic heterocycles. The molecule has 1 nitrogen and oxygen atoms in total. The van der Waals surface area contributed by atoms with Gasteiger partial charge in [0.1, 0.15) is 0 Å². The van der Waals surface area contributed by atoms with Crippen molar-refractivity contribution >= 4 is 11.3 Å². The summed E-state index contributed by atoms with van der Waals surface area (Å²) in [6.45, 7) is 0. The van der Waals surface area contributed by atoms with E-state index in [0.29, 0.717) is 12.8 Å². The molecule has 108 valence electrons. The van der Waals surface area contributed by atoms with Crippen molar-refractivity contribution in [3.05, 3.63) is 57.8 Å². The Bertz CT molecular complexity index is 517. The third-order valence-electron chi connectivity index (χ3n) is 3.06. The first-order chi connectivity index (χ1) is 9.45. The molecule has 0 aliphatic carbocycles. The molecule has 0 spiro atoms. The second kappa shape index (κ2) is 6.41. The molecule has 5 heteroatoms. The number of rotatable bonds is 5. The standard InChI is InChI=1S/C15H15F3OS/c16-15(17,18)12-5-3-11(4-6-12)10-13(19)7-8-14-2-1-9-20-14/h1-6,9,13,19H,7-8,10H2. The normalized spacial score (nSPS) is 13.4. The number of hydrogen-bond donors (Lipinski definition) is 1. The fourth-order valence-electron chi connectivity index (χ4n) is 1.97. The molecule has 0 amide bonds. The van der Waals surface area contributed by atoms with Crippen LogP contribution in [0.2, 0.25) is 0 Å². The molecule has 0 aliphatic heterocycles. The summed E-state index contributed by atoms with van der Waals surface area (Å²) in [4.78, 5) is 1.21. The van der Waals surface area contributed by atoms with Gasteiger partial charge >= 0.3 is 6.18 Å². The zero-order valence-electron chi connectivity index (χ0n) is 10.7. The van der Waals surface area contributed by atoms with Crippen LogP contribution in [0.1, 0.15) is 22.4 Å². The van der Waals surface area contributed by atoms with Crippen LogP contribution < -0.4 is 0 Å². The molecule has 1 heterocycles. The smallest absolute Gasteiger partial charge is 0.393 e. The van der Waals surface area contributed by atoms with Gasteiger partial charge in [0.05, 0.1) is 11.7 Å². The molecule has 1 N–H and O–H groups in total. The predicted octanol–water partition coefficient (Wildman–Crippen LogP) is 4.30. The van der Waals surface area contributed by atoms with Gasteiger partial charge in [0, 0.05) is 4.88 Å². The number of hydrogen-bond acceptors (Lipinski definition) is 2. The number of aliphatic hydroxyl groups excluding tert-OH is 1. The van der Waals surface area contributed by atoms with Crippen LogP contribution in [-0.4, -0.2) is 11.2 Å². The Kier molecular flexibility index (Phi) is 4.83. The van der Waals surface area contributed by atoms with Crippen molar-refractivity contribution in [3.63, 3.8) is 0 Å². The number of alkyl halides is 3. The van der Waals surface area contributed by atoms with E-state index in [1.165, 1.54) is 17.0 Å². The molecule has 20 heavy (non-hydrogen) atoms. The van der Waals surface area contributed by atoms with Gasteiger partial charge in [-0.05, 0) is 48.4 Å². The van der Waals surface area contributed by atoms with Crippen LogP contribution in [0, 0.1) is 0 Å². The van der Waals surface area contributed by atoms with Gasteiger partial charge in [-0.15, -0.1) is 11.3 Å². The highest BCUT2D eigenvalue weighted by Gasteiger charge is 2.29. The minimum atomic E-state index is -4.31. The highest BCUT2D eigenvalue weighted by molar-refractivity contribution is 7.09. The molecule has 2 aromatic rings. The van der Waals surface area contributed by atoms with Gasteiger partial charge in [0.15, 0.2) is 0 Å². The van der Waals surface area contributed by atoms with Gasteiger partial charge in [-0.2, -0.15) is 13.2 Å². The first-order valence-corrected chi connectivity index (χ1v) is 7.19. The molecule has 0 saturated carbocycles. The highest BCUT2D eigenvalue weighted by atomic mass is 32.1. The molecule has 2 rings (SSSR count). The van der Waals surface area contributed by atoms with E-state index < -0.39 is 17.8 Å². The maximum Gasteiger partial charge on any atom is 0.416 e. The quantitative estimate of drug-likeness (QED) is 0.872. The minimum absolute atomic E-state index is 0.378. The summed E-state index contributed by atoms with van der Waals surface area (Å²) in [6.07, 6.45) is -3.06. The number of halogens is 3. The largest absolute Gasteiger partial charge is 0.416 e. The fourth-order valence-corrected chi connectivity index (χ4v) is 2.69. The van der Waals surface area contributed by atoms with Gasteiger partial charge in [0.25, 0.3) is 0 Å². The second-order valence-electron chi connectivity index (χ2n) is 4.67. The average Bonchev–Trinajstić information content (AvgIpc) is 2.89. The summed E-state index contributed by atoms with van der Waals surface area (Å²) in [5.41, 5.74) is 0.0611. The van der Waals surface area contributed by atoms with Crippen molar-refractivity contribution in [2.75, 3.05) is 0 Å². The van der Waals surface area contributed by atoms with Crippen molar-refractivity contribution in [2.45, 2.75) is 31.5 Å². The lowest BCUT2D eigenvalue weighted by Gasteiger charge is -2.11. The summed E-state index contributed by atoms with van der Waals surface area (Å²) in [5, 5.41) is 11.9. The van der Waals surface area contributed by atoms with Crippen LogP contribution in [0.5, 0.6) is 0 Å². The molecular formula is C15H15F3OS. The van der Waals surface area contributed by atoms with Gasteiger partial charge in [0.2, 0.25) is 0 Å². The van der Waals surface area contributed by atoms with Gasteiger partial charge in [-0.25, -0.2) is 0 Å². The Morgan fingerprint density at radius 3 is 2.35 bits per heavy atom. The summed E-state index contributed by atoms with van der Waals surface area (Å²) in [5.74, 6) is 0. The van der Waals surface area contributed by atoms with Crippen molar-refractivity contribution in [3.8, 4) is 0 Å². The molecule has 0 fully saturated rings. The Labute approximate surface area is 119 Å². The molecule has 1 atom stereocenters. The van der Waals surface area contributed by atoms with Crippen LogP contribution in [-0.2, 0) is 19.0 Å². The van der Waals surface area contributed by atoms with Gasteiger partial charge in [-0.3, -0.25) is 0 Å². The van der Waals surface area contributed by atoms with E-state index in [-0.39, 0.29) is 0 Å². The molecule has 1 aromatic carbocycles. The Balaban J connectivity index is 1.86. The summed E-state index contributed by atoms with van der Waals surface area (Å²) < 4.78 is 37.2. The summed E-state index contributed by atoms with van der Waals surface area (Å²) >= 11 is 1.64. The maximum atomic E-state index is 12.4. The SMILES string of the molecule is OC(CCc1cccs1)Cc1ccc(C(F)(F)F)cc1. The molecule has 1 unspecified atom stereocenters. The maximum absolute atomic E-state index is 12.4. The minimum Gasteiger partial charge on any atom is -0.393 e. The van der Waals surface area contributed by atoms with Crippen molar-refractivity contribution in [2.24, 2.45) is 0 Å². The summed E-state index contributed by atoms with van der Waals surface area (Å²) in [7, 11) is 0. The monoisotopic (exact) mass is 300 g/mol. The lowest BCUT2D eigenvalue weighted by Crippen LogP contribution is -2.12. The average molecular weight is 300 g/mol. The zero-order valence-corrected chi connectivity index (χ0v) is 11.5. The lowest BCUT2D eigenvalue weighted by atomic mass is 10.0. The topological polar surface area (TPSA) is 20.2 Å². The van der Waals surface area contributed by atoms with E-state index in [1.807, 2.05) is 17.5 Å². The molecule has 0 radical (unpaired) electrons. The second-order valence-corrected chi connectivity index (χ2v) is 5.70. The number of aryl methyl sites for hydroxylation is 1. The molecule has 0 bridgehead atoms. The Morgan fingerprint density at radius 2 is 1.80 bits per heavy atom. The lowest BCUT2D eigenvalue weighted by molar-refractivity contribution is -0.137. The number of benzene rings is 1. The Hall–Kier alpha value is -1.33. The third kappa shape index (κ3) is 4.35. The first kappa shape index (κ1) is 15.1. The first-order valence-electron chi connectivity index (χ1n) is 6.32. The van der Waals surface area contributed by atoms with Crippen molar-refractivity contribution < 1.29 is 18.3 Å². The predicted molar refractivity (Wildman–Crippen MR) is 73.8 cm³/mol. The van der Waals surface area contributed by atoms with E-state index >= 15 is 0 Å². The summed E-state index contributed by atoms with van der Waals surface area (Å²) in [6, 6.07) is 8.94. The fraction of sp³-hybridized carbons (Fsp3) is 0.333. The van der Waals surface area contributed by atoms with Gasteiger partial charge < -0.3 is 5.11 Å². The van der Waals surface area contributed by atoms with Crippen LogP contribution in [0.4, 0.5) is 13.2 Å². The number of aliphatic hydroxyl groups is 1. The van der Waals surface area contributed by atoms with Crippen LogP contribution in [0.15, 0.2) is 41.8 Å². The van der Waals surface area contributed by atoms with Crippen LogP contribution >= 0.6 is 11.3 Å². The van der Waals surface area contributed by atoms with Crippen LogP contribution in [0.3, 0.4) is 0 Å². The third-order valence-corrected chi connectivity index (χ3v) is 3.99. The van der Waals surface area contributed by atoms with E-state index in [9.17, 15) is 18.3 Å². The van der Waals surface area contributed by atoms with E-state index in [0.717, 1.165) is 24.1 Å². The Morgan fingerprint density at radius 1 is 1.10 bits per heavy atom. The zero-order chi connectivity index (χ0) is 14.6. The van der Waals surface area contributed by atoms with Gasteiger partial charge in [-0.1, -0.05) is 18.2 Å². The molecule has 0 saturated heterocycles. The van der Waals surface area contributed by atoms with E-state index in [1.54, 1.807) is 11.3 Å². The van der Waals surface area contributed by atoms with Crippen molar-refractivity contribution in [1.29, 1.82) is 0 Å². The molecule has 0 aliphatic rings. The molecular weight excluding hydrogens is 285 g/mol. The number of thiophene rings is 1. The van der Waals surface area contributed by atoms with E-state index in [4.69, 9.17) is 0 Å².